The predicted molar refractivity (Wildman–Crippen MR) is 52.4 cm³/mol. The van der Waals surface area contributed by atoms with Gasteiger partial charge in [0.15, 0.2) is 6.29 Å². The van der Waals surface area contributed by atoms with Gasteiger partial charge < -0.3 is 9.84 Å². The van der Waals surface area contributed by atoms with E-state index >= 15 is 0 Å². The zero-order valence-corrected chi connectivity index (χ0v) is 8.79. The van der Waals surface area contributed by atoms with Crippen molar-refractivity contribution in [1.82, 2.24) is 0 Å². The van der Waals surface area contributed by atoms with Crippen LogP contribution in [0.5, 0.6) is 0 Å². The molecule has 1 aliphatic rings. The fraction of sp³-hybridized carbons (Fsp3) is 1.00. The fourth-order valence-electron chi connectivity index (χ4n) is 1.98. The van der Waals surface area contributed by atoms with Crippen molar-refractivity contribution in [1.29, 1.82) is 0 Å². The highest BCUT2D eigenvalue weighted by Crippen LogP contribution is 2.33. The molecule has 0 radical (unpaired) electrons. The lowest BCUT2D eigenvalue weighted by molar-refractivity contribution is -0.205. The topological polar surface area (TPSA) is 78.2 Å². The zero-order chi connectivity index (χ0) is 10.7. The number of aliphatic hydroxyl groups is 1. The monoisotopic (exact) mass is 199 g/mol. The number of nitrogens with zero attached hydrogens (tertiary/aromatic N) is 3. The molecule has 1 N–H and O–H groups in total. The van der Waals surface area contributed by atoms with Crippen molar-refractivity contribution in [2.24, 2.45) is 17.0 Å². The Bertz CT molecular complexity index is 240. The first-order valence-corrected chi connectivity index (χ1v) is 4.99. The third-order valence-electron chi connectivity index (χ3n) is 3.15. The highest BCUT2D eigenvalue weighted by atomic mass is 16.6. The molecule has 0 aromatic carbocycles. The SMILES string of the molecule is CC[C@@H]1O[C@@H](O)[C@@H](N=[N+]=[N-])C(C)[C@@H]1C. The Morgan fingerprint density at radius 2 is 2.07 bits per heavy atom. The van der Waals surface area contributed by atoms with Gasteiger partial charge in [0.1, 0.15) is 0 Å². The van der Waals surface area contributed by atoms with Gasteiger partial charge in [-0.2, -0.15) is 0 Å². The fourth-order valence-corrected chi connectivity index (χ4v) is 1.98. The third-order valence-corrected chi connectivity index (χ3v) is 3.15. The molecule has 80 valence electrons. The molecule has 1 aliphatic heterocycles. The van der Waals surface area contributed by atoms with Crippen LogP contribution in [0.4, 0.5) is 0 Å². The number of aliphatic hydroxyl groups excluding tert-OH is 1. The van der Waals surface area contributed by atoms with Gasteiger partial charge in [0.25, 0.3) is 0 Å². The summed E-state index contributed by atoms with van der Waals surface area (Å²) in [5, 5.41) is 13.2. The largest absolute Gasteiger partial charge is 0.368 e. The first-order valence-electron chi connectivity index (χ1n) is 4.99. The molecule has 0 saturated carbocycles. The molecule has 14 heavy (non-hydrogen) atoms. The first kappa shape index (κ1) is 11.3. The molecule has 0 aliphatic carbocycles. The summed E-state index contributed by atoms with van der Waals surface area (Å²) >= 11 is 0. The maximum Gasteiger partial charge on any atom is 0.163 e. The van der Waals surface area contributed by atoms with Crippen molar-refractivity contribution in [2.75, 3.05) is 0 Å². The molecule has 5 nitrogen and oxygen atoms in total. The maximum atomic E-state index is 9.60. The van der Waals surface area contributed by atoms with Crippen LogP contribution in [-0.4, -0.2) is 23.5 Å². The van der Waals surface area contributed by atoms with Crippen LogP contribution in [0.25, 0.3) is 10.4 Å². The summed E-state index contributed by atoms with van der Waals surface area (Å²) in [5.41, 5.74) is 8.36. The van der Waals surface area contributed by atoms with Gasteiger partial charge in [-0.15, -0.1) is 0 Å². The Balaban J connectivity index is 2.78. The summed E-state index contributed by atoms with van der Waals surface area (Å²) in [7, 11) is 0. The molecule has 0 aromatic heterocycles. The number of azide groups is 1. The summed E-state index contributed by atoms with van der Waals surface area (Å²) < 4.78 is 5.37. The summed E-state index contributed by atoms with van der Waals surface area (Å²) in [4.78, 5) is 2.73. The summed E-state index contributed by atoms with van der Waals surface area (Å²) in [6, 6.07) is -0.460. The standard InChI is InChI=1S/C9H17N3O2/c1-4-7-5(2)6(3)8(11-12-10)9(13)14-7/h5-9,13H,4H2,1-3H3/t5-,6?,7-,8-,9+/m0/s1. The Morgan fingerprint density at radius 1 is 1.43 bits per heavy atom. The second-order valence-corrected chi connectivity index (χ2v) is 3.89. The van der Waals surface area contributed by atoms with Crippen molar-refractivity contribution >= 4 is 0 Å². The molecule has 5 atom stereocenters. The summed E-state index contributed by atoms with van der Waals surface area (Å²) in [6.45, 7) is 6.07. The Hall–Kier alpha value is -0.770. The zero-order valence-electron chi connectivity index (χ0n) is 8.79. The smallest absolute Gasteiger partial charge is 0.163 e. The maximum absolute atomic E-state index is 9.60. The molecule has 0 spiro atoms. The average Bonchev–Trinajstić information content (AvgIpc) is 2.18. The number of ether oxygens (including phenoxy) is 1. The van der Waals surface area contributed by atoms with E-state index in [0.717, 1.165) is 6.42 Å². The van der Waals surface area contributed by atoms with Crippen LogP contribution >= 0.6 is 0 Å². The molecular formula is C9H17N3O2. The van der Waals surface area contributed by atoms with Crippen LogP contribution in [0, 0.1) is 11.8 Å². The van der Waals surface area contributed by atoms with Crippen LogP contribution in [0.3, 0.4) is 0 Å². The van der Waals surface area contributed by atoms with Crippen molar-refractivity contribution < 1.29 is 9.84 Å². The summed E-state index contributed by atoms with van der Waals surface area (Å²) in [5.74, 6) is 0.457. The quantitative estimate of drug-likeness (QED) is 0.419. The lowest BCUT2D eigenvalue weighted by Crippen LogP contribution is -2.47. The molecule has 5 heteroatoms. The van der Waals surface area contributed by atoms with Gasteiger partial charge in [0.2, 0.25) is 0 Å². The second-order valence-electron chi connectivity index (χ2n) is 3.89. The molecule has 1 rings (SSSR count). The molecule has 0 aromatic rings. The van der Waals surface area contributed by atoms with Gasteiger partial charge in [-0.25, -0.2) is 0 Å². The van der Waals surface area contributed by atoms with Gasteiger partial charge >= 0.3 is 0 Å². The molecule has 1 fully saturated rings. The molecule has 0 amide bonds. The molecule has 0 bridgehead atoms. The van der Waals surface area contributed by atoms with E-state index < -0.39 is 12.3 Å². The first-order chi connectivity index (χ1) is 6.61. The Kier molecular flexibility index (Phi) is 3.75. The van der Waals surface area contributed by atoms with Gasteiger partial charge in [-0.3, -0.25) is 0 Å². The van der Waals surface area contributed by atoms with E-state index in [2.05, 4.69) is 16.9 Å². The van der Waals surface area contributed by atoms with Crippen LogP contribution in [0.2, 0.25) is 0 Å². The normalized spacial score (nSPS) is 43.0. The highest BCUT2D eigenvalue weighted by molar-refractivity contribution is 4.88. The minimum Gasteiger partial charge on any atom is -0.368 e. The van der Waals surface area contributed by atoms with Crippen LogP contribution in [0.15, 0.2) is 5.11 Å². The van der Waals surface area contributed by atoms with Gasteiger partial charge in [-0.1, -0.05) is 25.9 Å². The Labute approximate surface area is 83.7 Å². The van der Waals surface area contributed by atoms with E-state index in [0.29, 0.717) is 5.92 Å². The van der Waals surface area contributed by atoms with E-state index in [1.807, 2.05) is 13.8 Å². The number of hydrogen-bond donors (Lipinski definition) is 1. The number of hydrogen-bond acceptors (Lipinski definition) is 3. The lowest BCUT2D eigenvalue weighted by Gasteiger charge is -2.40. The minimum absolute atomic E-state index is 0.0603. The average molecular weight is 199 g/mol. The number of rotatable bonds is 2. The third kappa shape index (κ3) is 2.00. The van der Waals surface area contributed by atoms with Gasteiger partial charge in [-0.05, 0) is 23.8 Å². The minimum atomic E-state index is -0.956. The van der Waals surface area contributed by atoms with Crippen LogP contribution in [0.1, 0.15) is 27.2 Å². The van der Waals surface area contributed by atoms with Gasteiger partial charge in [0.05, 0.1) is 12.1 Å². The molecule has 1 heterocycles. The summed E-state index contributed by atoms with van der Waals surface area (Å²) in [6.07, 6.45) is -0.0295. The molecule has 1 saturated heterocycles. The highest BCUT2D eigenvalue weighted by Gasteiger charge is 2.39. The van der Waals surface area contributed by atoms with Crippen LogP contribution < -0.4 is 0 Å². The van der Waals surface area contributed by atoms with Gasteiger partial charge in [0, 0.05) is 4.91 Å². The molecule has 1 unspecified atom stereocenters. The van der Waals surface area contributed by atoms with Crippen molar-refractivity contribution in [3.8, 4) is 0 Å². The van der Waals surface area contributed by atoms with E-state index in [4.69, 9.17) is 10.3 Å². The van der Waals surface area contributed by atoms with E-state index in [9.17, 15) is 5.11 Å². The second kappa shape index (κ2) is 4.64. The van der Waals surface area contributed by atoms with Crippen molar-refractivity contribution in [2.45, 2.75) is 45.6 Å². The molecular weight excluding hydrogens is 182 g/mol. The van der Waals surface area contributed by atoms with Crippen LogP contribution in [-0.2, 0) is 4.74 Å². The van der Waals surface area contributed by atoms with E-state index in [1.54, 1.807) is 0 Å². The lowest BCUT2D eigenvalue weighted by atomic mass is 9.81. The van der Waals surface area contributed by atoms with E-state index in [-0.39, 0.29) is 12.0 Å². The Morgan fingerprint density at radius 3 is 2.57 bits per heavy atom. The van der Waals surface area contributed by atoms with Crippen molar-refractivity contribution in [3.05, 3.63) is 10.4 Å². The van der Waals surface area contributed by atoms with Crippen molar-refractivity contribution in [3.63, 3.8) is 0 Å². The van der Waals surface area contributed by atoms with E-state index in [1.165, 1.54) is 0 Å². The predicted octanol–water partition coefficient (Wildman–Crippen LogP) is 2.06.